The molecular formula is C13H19ClN2O3. The number of benzene rings is 1. The average Bonchev–Trinajstić information content (AvgIpc) is 2.38. The number of nitrogens with two attached hydrogens (primary N) is 1. The molecule has 1 aromatic rings. The van der Waals surface area contributed by atoms with E-state index in [1.165, 1.54) is 7.11 Å². The smallest absolute Gasteiger partial charge is 0.340 e. The third kappa shape index (κ3) is 4.29. The summed E-state index contributed by atoms with van der Waals surface area (Å²) < 4.78 is 9.75. The van der Waals surface area contributed by atoms with Gasteiger partial charge in [-0.2, -0.15) is 0 Å². The Labute approximate surface area is 118 Å². The summed E-state index contributed by atoms with van der Waals surface area (Å²) in [6, 6.07) is 3.24. The molecule has 6 heteroatoms. The Bertz CT molecular complexity index is 452. The molecule has 0 saturated heterocycles. The van der Waals surface area contributed by atoms with E-state index in [0.717, 1.165) is 6.42 Å². The van der Waals surface area contributed by atoms with E-state index in [-0.39, 0.29) is 6.04 Å². The van der Waals surface area contributed by atoms with Gasteiger partial charge in [0.2, 0.25) is 0 Å². The van der Waals surface area contributed by atoms with Crippen molar-refractivity contribution in [3.63, 3.8) is 0 Å². The normalized spacial score (nSPS) is 12.0. The monoisotopic (exact) mass is 286 g/mol. The number of esters is 1. The second-order valence-corrected chi connectivity index (χ2v) is 4.65. The predicted molar refractivity (Wildman–Crippen MR) is 76.8 cm³/mol. The summed E-state index contributed by atoms with van der Waals surface area (Å²) in [6.07, 6.45) is 0.790. The first kappa shape index (κ1) is 15.6. The lowest BCUT2D eigenvalue weighted by molar-refractivity contribution is 0.0602. The van der Waals surface area contributed by atoms with Crippen molar-refractivity contribution >= 4 is 28.9 Å². The van der Waals surface area contributed by atoms with Crippen molar-refractivity contribution < 1.29 is 14.3 Å². The number of carbonyl (C=O) groups excluding carboxylic acids is 1. The highest BCUT2D eigenvalue weighted by atomic mass is 35.5. The summed E-state index contributed by atoms with van der Waals surface area (Å²) in [7, 11) is 2.96. The van der Waals surface area contributed by atoms with E-state index in [0.29, 0.717) is 28.6 Å². The van der Waals surface area contributed by atoms with E-state index in [9.17, 15) is 4.79 Å². The fourth-order valence-corrected chi connectivity index (χ4v) is 1.94. The fraction of sp³-hybridized carbons (Fsp3) is 0.462. The first-order valence-corrected chi connectivity index (χ1v) is 6.30. The number of anilines is 2. The van der Waals surface area contributed by atoms with E-state index in [4.69, 9.17) is 26.8 Å². The lowest BCUT2D eigenvalue weighted by Gasteiger charge is -2.18. The molecule has 0 bridgehead atoms. The van der Waals surface area contributed by atoms with Gasteiger partial charge in [0.25, 0.3) is 0 Å². The highest BCUT2D eigenvalue weighted by molar-refractivity contribution is 6.34. The number of nitrogens with one attached hydrogen (secondary N) is 1. The summed E-state index contributed by atoms with van der Waals surface area (Å²) >= 11 is 6.13. The van der Waals surface area contributed by atoms with Crippen LogP contribution in [0.2, 0.25) is 5.02 Å². The molecule has 106 valence electrons. The van der Waals surface area contributed by atoms with Crippen LogP contribution in [0.3, 0.4) is 0 Å². The number of rotatable bonds is 6. The van der Waals surface area contributed by atoms with Gasteiger partial charge in [-0.05, 0) is 25.5 Å². The Balaban J connectivity index is 3.00. The molecule has 0 aromatic heterocycles. The third-order valence-electron chi connectivity index (χ3n) is 2.66. The van der Waals surface area contributed by atoms with Crippen LogP contribution < -0.4 is 11.1 Å². The largest absolute Gasteiger partial charge is 0.465 e. The van der Waals surface area contributed by atoms with Crippen LogP contribution >= 0.6 is 11.6 Å². The standard InChI is InChI=1S/C13H19ClN2O3/c1-8(4-5-18-2)16-12-10(13(17)19-3)6-9(15)7-11(12)14/h6-8,16H,4-5,15H2,1-3H3. The van der Waals surface area contributed by atoms with Crippen LogP contribution in [0.15, 0.2) is 12.1 Å². The number of ether oxygens (including phenoxy) is 2. The molecule has 0 amide bonds. The minimum atomic E-state index is -0.476. The van der Waals surface area contributed by atoms with E-state index in [1.807, 2.05) is 6.92 Å². The highest BCUT2D eigenvalue weighted by Gasteiger charge is 2.17. The van der Waals surface area contributed by atoms with Gasteiger partial charge in [0, 0.05) is 25.4 Å². The summed E-state index contributed by atoms with van der Waals surface area (Å²) in [6.45, 7) is 2.60. The molecule has 1 atom stereocenters. The molecule has 19 heavy (non-hydrogen) atoms. The molecule has 1 aromatic carbocycles. The molecule has 1 rings (SSSR count). The quantitative estimate of drug-likeness (QED) is 0.621. The summed E-state index contributed by atoms with van der Waals surface area (Å²) in [5.74, 6) is -0.476. The molecule has 1 unspecified atom stereocenters. The Morgan fingerprint density at radius 1 is 1.47 bits per heavy atom. The average molecular weight is 287 g/mol. The number of hydrogen-bond acceptors (Lipinski definition) is 5. The summed E-state index contributed by atoms with van der Waals surface area (Å²) in [4.78, 5) is 11.7. The van der Waals surface area contributed by atoms with Crippen LogP contribution in [0.5, 0.6) is 0 Å². The lowest BCUT2D eigenvalue weighted by Crippen LogP contribution is -2.20. The minimum absolute atomic E-state index is 0.101. The molecule has 0 heterocycles. The molecule has 5 nitrogen and oxygen atoms in total. The molecule has 3 N–H and O–H groups in total. The first-order chi connectivity index (χ1) is 8.99. The van der Waals surface area contributed by atoms with Crippen molar-refractivity contribution in [3.05, 3.63) is 22.7 Å². The zero-order valence-electron chi connectivity index (χ0n) is 11.3. The molecule has 0 saturated carbocycles. The maximum absolute atomic E-state index is 11.7. The van der Waals surface area contributed by atoms with Gasteiger partial charge in [-0.3, -0.25) is 0 Å². The number of halogens is 1. The van der Waals surface area contributed by atoms with Gasteiger partial charge in [0.15, 0.2) is 0 Å². The van der Waals surface area contributed by atoms with Crippen LogP contribution in [0.1, 0.15) is 23.7 Å². The molecule has 0 aliphatic rings. The second kappa shape index (κ2) is 7.21. The van der Waals surface area contributed by atoms with E-state index < -0.39 is 5.97 Å². The molecule has 0 aliphatic heterocycles. The zero-order chi connectivity index (χ0) is 14.4. The molecule has 0 aliphatic carbocycles. The van der Waals surface area contributed by atoms with Crippen LogP contribution in [-0.2, 0) is 9.47 Å². The number of nitrogen functional groups attached to an aromatic ring is 1. The van der Waals surface area contributed by atoms with Gasteiger partial charge in [-0.25, -0.2) is 4.79 Å². The minimum Gasteiger partial charge on any atom is -0.465 e. The van der Waals surface area contributed by atoms with E-state index >= 15 is 0 Å². The van der Waals surface area contributed by atoms with Gasteiger partial charge < -0.3 is 20.5 Å². The van der Waals surface area contributed by atoms with E-state index in [2.05, 4.69) is 5.32 Å². The van der Waals surface area contributed by atoms with Crippen LogP contribution in [-0.4, -0.2) is 32.8 Å². The van der Waals surface area contributed by atoms with Crippen LogP contribution in [0, 0.1) is 0 Å². The fourth-order valence-electron chi connectivity index (χ4n) is 1.66. The van der Waals surface area contributed by atoms with Gasteiger partial charge in [0.05, 0.1) is 23.4 Å². The van der Waals surface area contributed by atoms with Crippen molar-refractivity contribution in [1.29, 1.82) is 0 Å². The molecule has 0 fully saturated rings. The van der Waals surface area contributed by atoms with Crippen molar-refractivity contribution in [2.45, 2.75) is 19.4 Å². The van der Waals surface area contributed by atoms with Gasteiger partial charge in [0.1, 0.15) is 0 Å². The van der Waals surface area contributed by atoms with E-state index in [1.54, 1.807) is 19.2 Å². The Morgan fingerprint density at radius 3 is 2.74 bits per heavy atom. The third-order valence-corrected chi connectivity index (χ3v) is 2.96. The Hall–Kier alpha value is -1.46. The van der Waals surface area contributed by atoms with Crippen LogP contribution in [0.25, 0.3) is 0 Å². The van der Waals surface area contributed by atoms with Crippen molar-refractivity contribution in [3.8, 4) is 0 Å². The topological polar surface area (TPSA) is 73.6 Å². The highest BCUT2D eigenvalue weighted by Crippen LogP contribution is 2.30. The van der Waals surface area contributed by atoms with Crippen molar-refractivity contribution in [2.24, 2.45) is 0 Å². The first-order valence-electron chi connectivity index (χ1n) is 5.92. The van der Waals surface area contributed by atoms with Gasteiger partial charge in [-0.15, -0.1) is 0 Å². The Kier molecular flexibility index (Phi) is 5.92. The summed E-state index contributed by atoms with van der Waals surface area (Å²) in [5, 5.41) is 3.58. The zero-order valence-corrected chi connectivity index (χ0v) is 12.1. The second-order valence-electron chi connectivity index (χ2n) is 4.24. The molecular weight excluding hydrogens is 268 g/mol. The maximum Gasteiger partial charge on any atom is 0.340 e. The Morgan fingerprint density at radius 2 is 2.16 bits per heavy atom. The number of hydrogen-bond donors (Lipinski definition) is 2. The molecule has 0 spiro atoms. The number of carbonyl (C=O) groups is 1. The predicted octanol–water partition coefficient (Wildman–Crippen LogP) is 2.55. The summed E-state index contributed by atoms with van der Waals surface area (Å²) in [5.41, 5.74) is 6.97. The van der Waals surface area contributed by atoms with Gasteiger partial charge >= 0.3 is 5.97 Å². The lowest BCUT2D eigenvalue weighted by atomic mass is 10.1. The van der Waals surface area contributed by atoms with Crippen LogP contribution in [0.4, 0.5) is 11.4 Å². The van der Waals surface area contributed by atoms with Gasteiger partial charge in [-0.1, -0.05) is 11.6 Å². The van der Waals surface area contributed by atoms with Crippen molar-refractivity contribution in [1.82, 2.24) is 0 Å². The SMILES string of the molecule is COCCC(C)Nc1c(Cl)cc(N)cc1C(=O)OC. The molecule has 0 radical (unpaired) electrons. The van der Waals surface area contributed by atoms with Crippen molar-refractivity contribution in [2.75, 3.05) is 31.9 Å². The number of methoxy groups -OCH3 is 2. The maximum atomic E-state index is 11.7.